The number of nitrogens with zero attached hydrogens (tertiary/aromatic N) is 3. The minimum atomic E-state index is -1.09. The fourth-order valence-corrected chi connectivity index (χ4v) is 1.67. The number of carboxylic acid groups (broad SMARTS) is 1. The Bertz CT molecular complexity index is 537. The predicted octanol–water partition coefficient (Wildman–Crippen LogP) is 1.29. The molecule has 1 aromatic heterocycles. The van der Waals surface area contributed by atoms with Crippen molar-refractivity contribution in [2.75, 3.05) is 13.7 Å². The van der Waals surface area contributed by atoms with Gasteiger partial charge in [-0.3, -0.25) is 0 Å². The Morgan fingerprint density at radius 3 is 2.72 bits per heavy atom. The van der Waals surface area contributed by atoms with E-state index in [0.717, 1.165) is 5.56 Å². The van der Waals surface area contributed by atoms with E-state index in [2.05, 4.69) is 10.3 Å². The van der Waals surface area contributed by atoms with E-state index in [4.69, 9.17) is 9.84 Å². The van der Waals surface area contributed by atoms with Crippen molar-refractivity contribution in [2.24, 2.45) is 0 Å². The highest BCUT2D eigenvalue weighted by molar-refractivity contribution is 5.92. The fourth-order valence-electron chi connectivity index (χ4n) is 1.67. The number of ether oxygens (including phenoxy) is 1. The number of carboxylic acids is 1. The third-order valence-corrected chi connectivity index (χ3v) is 2.49. The summed E-state index contributed by atoms with van der Waals surface area (Å²) < 4.78 is 6.51. The lowest BCUT2D eigenvalue weighted by atomic mass is 10.1. The van der Waals surface area contributed by atoms with Crippen LogP contribution in [0.1, 0.15) is 10.5 Å². The van der Waals surface area contributed by atoms with Crippen molar-refractivity contribution in [1.82, 2.24) is 15.0 Å². The second kappa shape index (κ2) is 5.42. The first-order chi connectivity index (χ1) is 8.74. The summed E-state index contributed by atoms with van der Waals surface area (Å²) in [5, 5.41) is 16.7. The minimum Gasteiger partial charge on any atom is -0.476 e. The molecule has 1 aromatic carbocycles. The highest BCUT2D eigenvalue weighted by atomic mass is 16.5. The summed E-state index contributed by atoms with van der Waals surface area (Å²) in [6.07, 6.45) is 0. The van der Waals surface area contributed by atoms with Crippen LogP contribution in [0.2, 0.25) is 0 Å². The van der Waals surface area contributed by atoms with Gasteiger partial charge < -0.3 is 9.84 Å². The van der Waals surface area contributed by atoms with E-state index in [0.29, 0.717) is 18.8 Å². The third kappa shape index (κ3) is 2.38. The van der Waals surface area contributed by atoms with Crippen LogP contribution < -0.4 is 0 Å². The van der Waals surface area contributed by atoms with Crippen molar-refractivity contribution >= 4 is 5.97 Å². The van der Waals surface area contributed by atoms with E-state index in [1.807, 2.05) is 30.3 Å². The average molecular weight is 247 g/mol. The maximum Gasteiger partial charge on any atom is 0.358 e. The van der Waals surface area contributed by atoms with E-state index in [1.165, 1.54) is 0 Å². The van der Waals surface area contributed by atoms with Crippen molar-refractivity contribution in [3.05, 3.63) is 36.0 Å². The standard InChI is InChI=1S/C12H13N3O3/c1-18-8-7-15-11(9-5-3-2-4-6-9)10(12(16)17)13-14-15/h2-6H,7-8H2,1H3,(H,16,17). The number of benzene rings is 1. The van der Waals surface area contributed by atoms with Crippen LogP contribution >= 0.6 is 0 Å². The van der Waals surface area contributed by atoms with Gasteiger partial charge in [0.05, 0.1) is 13.2 Å². The molecule has 2 aromatic rings. The first-order valence-electron chi connectivity index (χ1n) is 5.45. The number of aromatic nitrogens is 3. The van der Waals surface area contributed by atoms with Gasteiger partial charge in [-0.05, 0) is 0 Å². The molecule has 94 valence electrons. The van der Waals surface area contributed by atoms with E-state index in [-0.39, 0.29) is 5.69 Å². The Morgan fingerprint density at radius 2 is 2.11 bits per heavy atom. The van der Waals surface area contributed by atoms with E-state index >= 15 is 0 Å². The highest BCUT2D eigenvalue weighted by Crippen LogP contribution is 2.21. The molecule has 2 rings (SSSR count). The summed E-state index contributed by atoms with van der Waals surface area (Å²) in [4.78, 5) is 11.1. The van der Waals surface area contributed by atoms with Crippen molar-refractivity contribution in [3.8, 4) is 11.3 Å². The zero-order valence-electron chi connectivity index (χ0n) is 9.91. The van der Waals surface area contributed by atoms with Crippen LogP contribution in [0, 0.1) is 0 Å². The molecule has 0 saturated heterocycles. The first-order valence-corrected chi connectivity index (χ1v) is 5.45. The van der Waals surface area contributed by atoms with Gasteiger partial charge >= 0.3 is 5.97 Å². The smallest absolute Gasteiger partial charge is 0.358 e. The van der Waals surface area contributed by atoms with E-state index in [9.17, 15) is 4.79 Å². The van der Waals surface area contributed by atoms with Gasteiger partial charge in [0, 0.05) is 12.7 Å². The van der Waals surface area contributed by atoms with Gasteiger partial charge in [-0.25, -0.2) is 9.48 Å². The fraction of sp³-hybridized carbons (Fsp3) is 0.250. The van der Waals surface area contributed by atoms with Gasteiger partial charge in [-0.1, -0.05) is 35.5 Å². The Morgan fingerprint density at radius 1 is 1.39 bits per heavy atom. The zero-order chi connectivity index (χ0) is 13.0. The van der Waals surface area contributed by atoms with Crippen LogP contribution in [-0.4, -0.2) is 39.8 Å². The summed E-state index contributed by atoms with van der Waals surface area (Å²) >= 11 is 0. The monoisotopic (exact) mass is 247 g/mol. The Balaban J connectivity index is 2.47. The Labute approximate surface area is 104 Å². The maximum atomic E-state index is 11.1. The van der Waals surface area contributed by atoms with Crippen LogP contribution in [0.5, 0.6) is 0 Å². The summed E-state index contributed by atoms with van der Waals surface area (Å²) in [6, 6.07) is 9.21. The van der Waals surface area contributed by atoms with Gasteiger partial charge in [0.15, 0.2) is 5.69 Å². The molecule has 0 amide bonds. The predicted molar refractivity (Wildman–Crippen MR) is 64.3 cm³/mol. The van der Waals surface area contributed by atoms with Gasteiger partial charge in [0.2, 0.25) is 0 Å². The van der Waals surface area contributed by atoms with Gasteiger partial charge in [-0.2, -0.15) is 0 Å². The van der Waals surface area contributed by atoms with Crippen molar-refractivity contribution in [2.45, 2.75) is 6.54 Å². The molecular formula is C12H13N3O3. The topological polar surface area (TPSA) is 77.2 Å². The molecule has 6 nitrogen and oxygen atoms in total. The summed E-state index contributed by atoms with van der Waals surface area (Å²) in [7, 11) is 1.58. The SMILES string of the molecule is COCCn1nnc(C(=O)O)c1-c1ccccc1. The molecule has 18 heavy (non-hydrogen) atoms. The van der Waals surface area contributed by atoms with Crippen molar-refractivity contribution in [1.29, 1.82) is 0 Å². The average Bonchev–Trinajstić information content (AvgIpc) is 2.81. The Kier molecular flexibility index (Phi) is 3.69. The molecule has 0 spiro atoms. The summed E-state index contributed by atoms with van der Waals surface area (Å²) in [6.45, 7) is 0.906. The van der Waals surface area contributed by atoms with Crippen LogP contribution in [0.15, 0.2) is 30.3 Å². The lowest BCUT2D eigenvalue weighted by molar-refractivity contribution is 0.0691. The maximum absolute atomic E-state index is 11.1. The summed E-state index contributed by atoms with van der Waals surface area (Å²) in [5.41, 5.74) is 1.23. The van der Waals surface area contributed by atoms with Gasteiger partial charge in [-0.15, -0.1) is 5.10 Å². The molecule has 0 aliphatic heterocycles. The van der Waals surface area contributed by atoms with Gasteiger partial charge in [0.1, 0.15) is 5.69 Å². The molecule has 0 radical (unpaired) electrons. The zero-order valence-corrected chi connectivity index (χ0v) is 9.91. The van der Waals surface area contributed by atoms with Gasteiger partial charge in [0.25, 0.3) is 0 Å². The number of aromatic carboxylic acids is 1. The molecule has 6 heteroatoms. The van der Waals surface area contributed by atoms with E-state index < -0.39 is 5.97 Å². The first kappa shape index (κ1) is 12.3. The second-order valence-electron chi connectivity index (χ2n) is 3.67. The molecule has 0 aliphatic carbocycles. The summed E-state index contributed by atoms with van der Waals surface area (Å²) in [5.74, 6) is -1.09. The molecule has 0 unspecified atom stereocenters. The molecule has 0 aliphatic rings. The second-order valence-corrected chi connectivity index (χ2v) is 3.67. The molecule has 1 heterocycles. The number of methoxy groups -OCH3 is 1. The number of carbonyl (C=O) groups is 1. The highest BCUT2D eigenvalue weighted by Gasteiger charge is 2.19. The van der Waals surface area contributed by atoms with E-state index in [1.54, 1.807) is 11.8 Å². The Hall–Kier alpha value is -2.21. The van der Waals surface area contributed by atoms with Crippen molar-refractivity contribution in [3.63, 3.8) is 0 Å². The van der Waals surface area contributed by atoms with Crippen LogP contribution in [-0.2, 0) is 11.3 Å². The largest absolute Gasteiger partial charge is 0.476 e. The molecule has 0 saturated carbocycles. The van der Waals surface area contributed by atoms with Crippen LogP contribution in [0.4, 0.5) is 0 Å². The molecular weight excluding hydrogens is 234 g/mol. The van der Waals surface area contributed by atoms with Crippen LogP contribution in [0.3, 0.4) is 0 Å². The quantitative estimate of drug-likeness (QED) is 0.861. The number of hydrogen-bond acceptors (Lipinski definition) is 4. The number of rotatable bonds is 5. The third-order valence-electron chi connectivity index (χ3n) is 2.49. The van der Waals surface area contributed by atoms with Crippen molar-refractivity contribution < 1.29 is 14.6 Å². The molecule has 1 N–H and O–H groups in total. The van der Waals surface area contributed by atoms with Crippen LogP contribution in [0.25, 0.3) is 11.3 Å². The lowest BCUT2D eigenvalue weighted by Gasteiger charge is -2.06. The molecule has 0 bridgehead atoms. The lowest BCUT2D eigenvalue weighted by Crippen LogP contribution is -2.08. The minimum absolute atomic E-state index is 0.0442. The molecule has 0 fully saturated rings. The number of hydrogen-bond donors (Lipinski definition) is 1. The normalized spacial score (nSPS) is 10.5. The molecule has 0 atom stereocenters.